The Hall–Kier alpha value is -6.38. The molecular weight excluding hydrogens is 629 g/mol. The smallest absolute Gasteiger partial charge is 0.0709 e. The summed E-state index contributed by atoms with van der Waals surface area (Å²) in [5.41, 5.74) is 12.5. The highest BCUT2D eigenvalue weighted by Crippen LogP contribution is 2.45. The first-order valence-electron chi connectivity index (χ1n) is 18.1. The Morgan fingerprint density at radius 3 is 1.25 bits per heavy atom. The molecule has 2 nitrogen and oxygen atoms in total. The molecule has 0 aliphatic heterocycles. The lowest BCUT2D eigenvalue weighted by molar-refractivity contribution is 0.591. The number of rotatable bonds is 4. The molecule has 8 aromatic carbocycles. The summed E-state index contributed by atoms with van der Waals surface area (Å²) in [6.07, 6.45) is 0. The van der Waals surface area contributed by atoms with Gasteiger partial charge < -0.3 is 0 Å². The molecule has 0 fully saturated rings. The number of fused-ring (bicyclic) bond motifs is 2. The fourth-order valence-electron chi connectivity index (χ4n) is 7.92. The largest absolute Gasteiger partial charge is 0.248 e. The molecule has 0 radical (unpaired) electrons. The predicted molar refractivity (Wildman–Crippen MR) is 221 cm³/mol. The molecule has 0 atom stereocenters. The van der Waals surface area contributed by atoms with E-state index in [1.807, 2.05) is 12.1 Å². The van der Waals surface area contributed by atoms with Crippen molar-refractivity contribution in [1.29, 1.82) is 0 Å². The lowest BCUT2D eigenvalue weighted by Crippen LogP contribution is -2.10. The van der Waals surface area contributed by atoms with E-state index in [-0.39, 0.29) is 5.41 Å². The molecule has 10 aromatic rings. The van der Waals surface area contributed by atoms with E-state index in [9.17, 15) is 0 Å². The topological polar surface area (TPSA) is 25.8 Å². The summed E-state index contributed by atoms with van der Waals surface area (Å²) in [6, 6.07) is 59.5. The van der Waals surface area contributed by atoms with Crippen molar-refractivity contribution in [1.82, 2.24) is 9.97 Å². The van der Waals surface area contributed by atoms with E-state index in [1.54, 1.807) is 0 Å². The number of para-hydroxylation sites is 2. The highest BCUT2D eigenvalue weighted by atomic mass is 14.7. The summed E-state index contributed by atoms with van der Waals surface area (Å²) in [4.78, 5) is 9.94. The summed E-state index contributed by atoms with van der Waals surface area (Å²) in [7, 11) is 0. The van der Waals surface area contributed by atoms with E-state index in [2.05, 4.69) is 172 Å². The van der Waals surface area contributed by atoms with Gasteiger partial charge >= 0.3 is 0 Å². The molecule has 0 aliphatic carbocycles. The van der Waals surface area contributed by atoms with Gasteiger partial charge in [0.25, 0.3) is 0 Å². The van der Waals surface area contributed by atoms with Crippen LogP contribution in [0.4, 0.5) is 0 Å². The van der Waals surface area contributed by atoms with E-state index in [0.29, 0.717) is 0 Å². The van der Waals surface area contributed by atoms with Gasteiger partial charge in [-0.3, -0.25) is 0 Å². The molecule has 0 unspecified atom stereocenters. The quantitative estimate of drug-likeness (QED) is 0.175. The molecule has 52 heavy (non-hydrogen) atoms. The second-order valence-corrected chi connectivity index (χ2v) is 15.1. The summed E-state index contributed by atoms with van der Waals surface area (Å²) in [6.45, 7) is 6.89. The number of hydrogen-bond acceptors (Lipinski definition) is 2. The van der Waals surface area contributed by atoms with Gasteiger partial charge in [-0.2, -0.15) is 0 Å². The van der Waals surface area contributed by atoms with Gasteiger partial charge in [-0.15, -0.1) is 0 Å². The Balaban J connectivity index is 1.15. The Bertz CT molecular complexity index is 2780. The first kappa shape index (κ1) is 30.4. The molecule has 10 rings (SSSR count). The van der Waals surface area contributed by atoms with Gasteiger partial charge in [0, 0.05) is 21.9 Å². The summed E-state index contributed by atoms with van der Waals surface area (Å²) >= 11 is 0. The Morgan fingerprint density at radius 2 is 0.788 bits per heavy atom. The number of aromatic nitrogens is 2. The van der Waals surface area contributed by atoms with Gasteiger partial charge in [-0.05, 0) is 95.9 Å². The van der Waals surface area contributed by atoms with Crippen LogP contribution in [0, 0.1) is 0 Å². The average molecular weight is 665 g/mol. The van der Waals surface area contributed by atoms with E-state index in [1.165, 1.54) is 60.1 Å². The standard InChI is InChI=1S/C50H36N2/c1-50(2,3)39-28-37-20-24-40-42(31-12-16-35(17-13-31)46-26-22-33-8-4-6-10-44(33)51-46)30-43(41-25-21-38(29-39)48(37)49(40)41)32-14-18-36(19-15-32)47-27-23-34-9-5-7-11-45(34)52-47/h4-30H,1-3H3. The molecular formula is C50H36N2. The third-order valence-corrected chi connectivity index (χ3v) is 10.8. The fraction of sp³-hybridized carbons (Fsp3) is 0.0800. The van der Waals surface area contributed by atoms with Gasteiger partial charge in [0.05, 0.1) is 22.4 Å². The van der Waals surface area contributed by atoms with Gasteiger partial charge in [-0.1, -0.05) is 154 Å². The second-order valence-electron chi connectivity index (χ2n) is 15.1. The van der Waals surface area contributed by atoms with Gasteiger partial charge in [0.15, 0.2) is 0 Å². The minimum absolute atomic E-state index is 0.0596. The van der Waals surface area contributed by atoms with Crippen LogP contribution < -0.4 is 0 Å². The maximum absolute atomic E-state index is 4.97. The van der Waals surface area contributed by atoms with Gasteiger partial charge in [-0.25, -0.2) is 9.97 Å². The van der Waals surface area contributed by atoms with Crippen LogP contribution in [-0.2, 0) is 5.41 Å². The molecule has 0 bridgehead atoms. The maximum atomic E-state index is 4.97. The molecule has 2 heteroatoms. The molecule has 0 spiro atoms. The van der Waals surface area contributed by atoms with E-state index < -0.39 is 0 Å². The van der Waals surface area contributed by atoms with Crippen LogP contribution in [0.25, 0.3) is 98.9 Å². The number of benzene rings is 8. The lowest BCUT2D eigenvalue weighted by atomic mass is 9.81. The molecule has 2 heterocycles. The predicted octanol–water partition coefficient (Wildman–Crippen LogP) is 13.6. The van der Waals surface area contributed by atoms with Crippen molar-refractivity contribution in [2.75, 3.05) is 0 Å². The Labute approximate surface area is 303 Å². The zero-order chi connectivity index (χ0) is 35.0. The van der Waals surface area contributed by atoms with Crippen LogP contribution in [0.2, 0.25) is 0 Å². The van der Waals surface area contributed by atoms with Crippen molar-refractivity contribution >= 4 is 54.1 Å². The summed E-state index contributed by atoms with van der Waals surface area (Å²) < 4.78 is 0. The third kappa shape index (κ3) is 5.02. The summed E-state index contributed by atoms with van der Waals surface area (Å²) in [5, 5.41) is 10.1. The lowest BCUT2D eigenvalue weighted by Gasteiger charge is -2.23. The van der Waals surface area contributed by atoms with Crippen LogP contribution in [0.1, 0.15) is 26.3 Å². The van der Waals surface area contributed by atoms with Crippen LogP contribution in [0.5, 0.6) is 0 Å². The molecule has 0 amide bonds. The zero-order valence-corrected chi connectivity index (χ0v) is 29.5. The number of pyridine rings is 2. The zero-order valence-electron chi connectivity index (χ0n) is 29.5. The highest BCUT2D eigenvalue weighted by Gasteiger charge is 2.20. The van der Waals surface area contributed by atoms with Gasteiger partial charge in [0.2, 0.25) is 0 Å². The SMILES string of the molecule is CC(C)(C)c1cc2ccc3c(-c4ccc(-c5ccc6ccccc6n5)cc4)cc(-c4ccc(-c5ccc6ccccc6n5)cc4)c4ccc(c1)c2c34. The third-order valence-electron chi connectivity index (χ3n) is 10.8. The monoisotopic (exact) mass is 664 g/mol. The normalized spacial score (nSPS) is 12.1. The van der Waals surface area contributed by atoms with Crippen molar-refractivity contribution in [2.24, 2.45) is 0 Å². The molecule has 0 saturated carbocycles. The molecule has 2 aromatic heterocycles. The van der Waals surface area contributed by atoms with E-state index in [4.69, 9.17) is 9.97 Å². The van der Waals surface area contributed by atoms with Gasteiger partial charge in [0.1, 0.15) is 0 Å². The first-order chi connectivity index (χ1) is 25.4. The van der Waals surface area contributed by atoms with Crippen molar-refractivity contribution < 1.29 is 0 Å². The minimum atomic E-state index is 0.0596. The van der Waals surface area contributed by atoms with Crippen molar-refractivity contribution in [3.63, 3.8) is 0 Å². The van der Waals surface area contributed by atoms with Crippen molar-refractivity contribution in [3.8, 4) is 44.8 Å². The van der Waals surface area contributed by atoms with Crippen molar-refractivity contribution in [2.45, 2.75) is 26.2 Å². The number of nitrogens with zero attached hydrogens (tertiary/aromatic N) is 2. The van der Waals surface area contributed by atoms with E-state index in [0.717, 1.165) is 44.3 Å². The Morgan fingerprint density at radius 1 is 0.365 bits per heavy atom. The maximum Gasteiger partial charge on any atom is 0.0709 e. The van der Waals surface area contributed by atoms with Crippen LogP contribution >= 0.6 is 0 Å². The average Bonchev–Trinajstić information content (AvgIpc) is 3.19. The van der Waals surface area contributed by atoms with E-state index >= 15 is 0 Å². The molecule has 246 valence electrons. The molecule has 0 aliphatic rings. The molecule has 0 saturated heterocycles. The Kier molecular flexibility index (Phi) is 6.78. The molecule has 0 N–H and O–H groups in total. The van der Waals surface area contributed by atoms with Crippen molar-refractivity contribution in [3.05, 3.63) is 169 Å². The van der Waals surface area contributed by atoms with Crippen LogP contribution in [0.15, 0.2) is 164 Å². The fourth-order valence-corrected chi connectivity index (χ4v) is 7.92. The summed E-state index contributed by atoms with van der Waals surface area (Å²) in [5.74, 6) is 0. The minimum Gasteiger partial charge on any atom is -0.248 e. The van der Waals surface area contributed by atoms with Crippen LogP contribution in [0.3, 0.4) is 0 Å². The second kappa shape index (κ2) is 11.6. The highest BCUT2D eigenvalue weighted by molar-refractivity contribution is 6.28. The number of hydrogen-bond donors (Lipinski definition) is 0. The first-order valence-corrected chi connectivity index (χ1v) is 18.1. The van der Waals surface area contributed by atoms with Crippen LogP contribution in [-0.4, -0.2) is 9.97 Å².